The summed E-state index contributed by atoms with van der Waals surface area (Å²) in [5.74, 6) is -2.54. The molecule has 42 heavy (non-hydrogen) atoms. The van der Waals surface area contributed by atoms with E-state index in [1.165, 1.54) is 4.90 Å². The summed E-state index contributed by atoms with van der Waals surface area (Å²) < 4.78 is 0. The van der Waals surface area contributed by atoms with E-state index >= 15 is 0 Å². The maximum Gasteiger partial charge on any atom is 0.250 e. The molecular formula is C29H38N8O5. The van der Waals surface area contributed by atoms with Gasteiger partial charge in [0.2, 0.25) is 23.6 Å². The number of amides is 4. The highest BCUT2D eigenvalue weighted by Crippen LogP contribution is 2.21. The highest BCUT2D eigenvalue weighted by Gasteiger charge is 2.30. The maximum atomic E-state index is 13.3. The number of benzene rings is 2. The van der Waals surface area contributed by atoms with Crippen LogP contribution in [-0.2, 0) is 19.2 Å². The molecule has 0 unspecified atom stereocenters. The molecule has 3 aromatic rings. The third-order valence-corrected chi connectivity index (χ3v) is 6.51. The van der Waals surface area contributed by atoms with E-state index in [4.69, 9.17) is 17.2 Å². The predicted octanol–water partition coefficient (Wildman–Crippen LogP) is -0.720. The van der Waals surface area contributed by atoms with E-state index < -0.39 is 42.5 Å². The number of carbonyl (C=O) groups excluding carboxylic acids is 4. The van der Waals surface area contributed by atoms with Crippen LogP contribution in [0.15, 0.2) is 60.8 Å². The second-order valence-corrected chi connectivity index (χ2v) is 9.79. The van der Waals surface area contributed by atoms with Crippen molar-refractivity contribution >= 4 is 40.2 Å². The van der Waals surface area contributed by atoms with Gasteiger partial charge in [-0.2, -0.15) is 0 Å². The predicted molar refractivity (Wildman–Crippen MR) is 159 cm³/mol. The zero-order valence-electron chi connectivity index (χ0n) is 23.5. The zero-order valence-corrected chi connectivity index (χ0v) is 23.5. The second kappa shape index (κ2) is 15.5. The first-order valence-electron chi connectivity index (χ1n) is 13.5. The van der Waals surface area contributed by atoms with Crippen LogP contribution in [0.2, 0.25) is 0 Å². The van der Waals surface area contributed by atoms with Crippen molar-refractivity contribution in [2.75, 3.05) is 38.0 Å². The first-order valence-corrected chi connectivity index (χ1v) is 13.5. The fourth-order valence-electron chi connectivity index (χ4n) is 4.22. The van der Waals surface area contributed by atoms with E-state index in [0.29, 0.717) is 11.3 Å². The van der Waals surface area contributed by atoms with Gasteiger partial charge >= 0.3 is 0 Å². The summed E-state index contributed by atoms with van der Waals surface area (Å²) in [6, 6.07) is 13.0. The fraction of sp³-hybridized carbons (Fsp3) is 0.345. The van der Waals surface area contributed by atoms with Crippen molar-refractivity contribution in [3.63, 3.8) is 0 Å². The van der Waals surface area contributed by atoms with Gasteiger partial charge in [0, 0.05) is 43.4 Å². The molecule has 0 bridgehead atoms. The van der Waals surface area contributed by atoms with E-state index in [-0.39, 0.29) is 38.5 Å². The van der Waals surface area contributed by atoms with E-state index in [0.717, 1.165) is 16.5 Å². The van der Waals surface area contributed by atoms with Crippen LogP contribution in [0.5, 0.6) is 0 Å². The molecule has 0 spiro atoms. The largest absolute Gasteiger partial charge is 0.386 e. The molecule has 0 aliphatic rings. The standard InChI is InChI=1S/C29H38N8O5/c1-18-4-6-19(7-5-18)27(40)26(29(42)35-21-8-9-23-20(15-21)3-2-12-33-23)36-24(38)17-34-28(41)22(32)16-25(39)37(13-10-30)14-11-31/h2-9,12,15,22,26-27,40H,10-11,13-14,16-17,30-32H2,1H3,(H,34,41)(H,35,42)(H,36,38)/t22-,26-,27+/m0/s1. The summed E-state index contributed by atoms with van der Waals surface area (Å²) in [5, 5.41) is 19.5. The molecule has 0 aliphatic carbocycles. The Balaban J connectivity index is 1.67. The molecule has 3 rings (SSSR count). The minimum Gasteiger partial charge on any atom is -0.386 e. The minimum atomic E-state index is -1.40. The summed E-state index contributed by atoms with van der Waals surface area (Å²) in [4.78, 5) is 56.8. The van der Waals surface area contributed by atoms with E-state index in [1.807, 2.05) is 13.0 Å². The van der Waals surface area contributed by atoms with Gasteiger partial charge < -0.3 is 43.2 Å². The van der Waals surface area contributed by atoms with Crippen LogP contribution in [0, 0.1) is 6.92 Å². The van der Waals surface area contributed by atoms with Gasteiger partial charge in [-0.1, -0.05) is 35.9 Å². The van der Waals surface area contributed by atoms with Crippen molar-refractivity contribution in [2.24, 2.45) is 17.2 Å². The van der Waals surface area contributed by atoms with Gasteiger partial charge in [0.25, 0.3) is 0 Å². The van der Waals surface area contributed by atoms with Crippen molar-refractivity contribution in [2.45, 2.75) is 31.5 Å². The molecule has 4 amide bonds. The number of aromatic nitrogens is 1. The number of fused-ring (bicyclic) bond motifs is 1. The fourth-order valence-corrected chi connectivity index (χ4v) is 4.22. The molecular weight excluding hydrogens is 540 g/mol. The number of carbonyl (C=O) groups is 4. The molecule has 3 atom stereocenters. The monoisotopic (exact) mass is 578 g/mol. The Kier molecular flexibility index (Phi) is 11.9. The number of aryl methyl sites for hydroxylation is 1. The Bertz CT molecular complexity index is 1380. The molecule has 10 N–H and O–H groups in total. The number of nitrogens with one attached hydrogen (secondary N) is 3. The Morgan fingerprint density at radius 3 is 2.33 bits per heavy atom. The lowest BCUT2D eigenvalue weighted by molar-refractivity contribution is -0.134. The third kappa shape index (κ3) is 9.04. The molecule has 0 saturated heterocycles. The lowest BCUT2D eigenvalue weighted by Crippen LogP contribution is -2.52. The average molecular weight is 579 g/mol. The Labute approximate surface area is 243 Å². The number of pyridine rings is 1. The highest BCUT2D eigenvalue weighted by molar-refractivity contribution is 6.00. The van der Waals surface area contributed by atoms with Crippen LogP contribution in [0.1, 0.15) is 23.7 Å². The average Bonchev–Trinajstić information content (AvgIpc) is 2.98. The number of nitrogens with zero attached hydrogens (tertiary/aromatic N) is 2. The van der Waals surface area contributed by atoms with Crippen molar-refractivity contribution in [3.05, 3.63) is 71.9 Å². The van der Waals surface area contributed by atoms with Crippen LogP contribution in [0.25, 0.3) is 10.9 Å². The molecule has 0 fully saturated rings. The Morgan fingerprint density at radius 1 is 0.976 bits per heavy atom. The summed E-state index contributed by atoms with van der Waals surface area (Å²) in [6.07, 6.45) is -0.0407. The lowest BCUT2D eigenvalue weighted by atomic mass is 10.00. The molecule has 13 nitrogen and oxygen atoms in total. The summed E-state index contributed by atoms with van der Waals surface area (Å²) in [6.45, 7) is 2.35. The van der Waals surface area contributed by atoms with Crippen molar-refractivity contribution in [1.29, 1.82) is 0 Å². The van der Waals surface area contributed by atoms with Gasteiger partial charge in [0.1, 0.15) is 12.1 Å². The molecule has 2 aromatic carbocycles. The van der Waals surface area contributed by atoms with Crippen molar-refractivity contribution in [1.82, 2.24) is 20.5 Å². The Morgan fingerprint density at radius 2 is 1.67 bits per heavy atom. The van der Waals surface area contributed by atoms with Gasteiger partial charge in [-0.05, 0) is 36.8 Å². The SMILES string of the molecule is Cc1ccc([C@@H](O)[C@H](NC(=O)CNC(=O)[C@@H](N)CC(=O)N(CCN)CCN)C(=O)Nc2ccc3ncccc3c2)cc1. The number of anilines is 1. The lowest BCUT2D eigenvalue weighted by Gasteiger charge is -2.24. The van der Waals surface area contributed by atoms with E-state index in [9.17, 15) is 24.3 Å². The van der Waals surface area contributed by atoms with Crippen LogP contribution < -0.4 is 33.2 Å². The van der Waals surface area contributed by atoms with Crippen LogP contribution in [-0.4, -0.2) is 83.4 Å². The number of aliphatic hydroxyl groups is 1. The quantitative estimate of drug-likeness (QED) is 0.128. The van der Waals surface area contributed by atoms with Gasteiger partial charge in [-0.25, -0.2) is 0 Å². The smallest absolute Gasteiger partial charge is 0.250 e. The number of aliphatic hydroxyl groups excluding tert-OH is 1. The van der Waals surface area contributed by atoms with Crippen LogP contribution in [0.4, 0.5) is 5.69 Å². The molecule has 224 valence electrons. The van der Waals surface area contributed by atoms with Crippen molar-refractivity contribution in [3.8, 4) is 0 Å². The van der Waals surface area contributed by atoms with Crippen LogP contribution in [0.3, 0.4) is 0 Å². The Hall–Kier alpha value is -4.43. The minimum absolute atomic E-state index is 0.231. The molecule has 1 aromatic heterocycles. The molecule has 1 heterocycles. The summed E-state index contributed by atoms with van der Waals surface area (Å²) >= 11 is 0. The molecule has 13 heteroatoms. The number of rotatable bonds is 14. The second-order valence-electron chi connectivity index (χ2n) is 9.79. The van der Waals surface area contributed by atoms with Gasteiger partial charge in [0.15, 0.2) is 0 Å². The number of hydrogen-bond acceptors (Lipinski definition) is 9. The van der Waals surface area contributed by atoms with E-state index in [2.05, 4.69) is 20.9 Å². The van der Waals surface area contributed by atoms with Gasteiger partial charge in [-0.3, -0.25) is 24.2 Å². The maximum absolute atomic E-state index is 13.3. The summed E-state index contributed by atoms with van der Waals surface area (Å²) in [5.41, 5.74) is 19.5. The zero-order chi connectivity index (χ0) is 30.6. The van der Waals surface area contributed by atoms with Gasteiger partial charge in [-0.15, -0.1) is 0 Å². The normalized spacial score (nSPS) is 13.1. The molecule has 0 aliphatic heterocycles. The first kappa shape index (κ1) is 32.1. The highest BCUT2D eigenvalue weighted by atomic mass is 16.3. The topological polar surface area (TPSA) is 219 Å². The van der Waals surface area contributed by atoms with Gasteiger partial charge in [0.05, 0.1) is 24.5 Å². The first-order chi connectivity index (χ1) is 20.1. The number of hydrogen-bond donors (Lipinski definition) is 7. The van der Waals surface area contributed by atoms with Crippen LogP contribution >= 0.6 is 0 Å². The number of nitrogens with two attached hydrogens (primary N) is 3. The van der Waals surface area contributed by atoms with Crippen molar-refractivity contribution < 1.29 is 24.3 Å². The summed E-state index contributed by atoms with van der Waals surface area (Å²) in [7, 11) is 0. The third-order valence-electron chi connectivity index (χ3n) is 6.51. The molecule has 0 radical (unpaired) electrons. The van der Waals surface area contributed by atoms with E-state index in [1.54, 1.807) is 54.7 Å². The molecule has 0 saturated carbocycles.